The predicted octanol–water partition coefficient (Wildman–Crippen LogP) is 13.5. The maximum Gasteiger partial charge on any atom is 0.344 e. The molecule has 16 aliphatic rings. The Labute approximate surface area is 536 Å². The summed E-state index contributed by atoms with van der Waals surface area (Å²) >= 11 is 0. The summed E-state index contributed by atoms with van der Waals surface area (Å²) in [6.07, 6.45) is 30.6. The van der Waals surface area contributed by atoms with Crippen molar-refractivity contribution in [2.45, 2.75) is 232 Å². The lowest BCUT2D eigenvalue weighted by Crippen LogP contribution is -2.62. The molecule has 0 unspecified atom stereocenters. The molecule has 0 saturated heterocycles. The number of carbonyl (C=O) groups excluding carboxylic acids is 8. The second-order valence-corrected chi connectivity index (χ2v) is 30.9. The molecule has 0 spiro atoms. The number of rotatable bonds is 22. The highest BCUT2D eigenvalue weighted by molar-refractivity contribution is 5.89. The summed E-state index contributed by atoms with van der Waals surface area (Å²) in [5.41, 5.74) is -0.735. The van der Waals surface area contributed by atoms with Crippen molar-refractivity contribution in [3.05, 3.63) is 49.6 Å². The molecule has 90 heavy (non-hydrogen) atoms. The van der Waals surface area contributed by atoms with E-state index in [2.05, 4.69) is 67.9 Å². The van der Waals surface area contributed by atoms with Gasteiger partial charge in [-0.15, -0.1) is 0 Å². The van der Waals surface area contributed by atoms with Gasteiger partial charge in [0, 0.05) is 23.3 Å². The van der Waals surface area contributed by atoms with E-state index in [1.165, 1.54) is 128 Å². The minimum absolute atomic E-state index is 0.290. The van der Waals surface area contributed by atoms with E-state index in [1.807, 2.05) is 0 Å². The number of ether oxygens (including phenoxy) is 8. The van der Waals surface area contributed by atoms with E-state index in [4.69, 9.17) is 37.9 Å². The lowest BCUT2D eigenvalue weighted by atomic mass is 9.47. The first kappa shape index (κ1) is 69.1. The first-order valence-corrected chi connectivity index (χ1v) is 34.9. The van der Waals surface area contributed by atoms with Crippen molar-refractivity contribution in [3.8, 4) is 0 Å². The fraction of sp³-hybridized carbons (Fsp3) is 0.784. The van der Waals surface area contributed by atoms with Gasteiger partial charge in [-0.25, -0.2) is 38.4 Å². The highest BCUT2D eigenvalue weighted by Gasteiger charge is 2.64. The standard InChI is InChI=1S/2C19H28O4.2C18H26O4/c1-11(2)18(21)22-10-17(20)23-19(12(3)4)15-6-13-5-14(8-15)9-16(19)7-13;1-4-5-19(23-17(20)11-22-18(21)12(2)3)15-7-13-6-14(9-15)10-16(19)8-13;1-4-16(19)21-10-17(20)22-18(11(2)3)14-6-12-5-13(8-14)9-15(18)7-12;1-3-5-18(22-17(20)11-21-16(19)4-2)14-7-12-6-13(9-14)10-15(18)8-12/h12-16H,1,5-10H2,2-4H3;13-16H,2,4-11H2,1,3H3;4,11-15H,1,5-10H2,2-3H3;4,12-15H,2-3,5-11H2,1H3. The quantitative estimate of drug-likeness (QED) is 0.0560. The molecule has 0 heterocycles. The minimum Gasteiger partial charge on any atom is -0.456 e. The molecule has 0 aromatic rings. The summed E-state index contributed by atoms with van der Waals surface area (Å²) in [7, 11) is 0. The van der Waals surface area contributed by atoms with E-state index in [0.717, 1.165) is 85.2 Å². The van der Waals surface area contributed by atoms with Gasteiger partial charge in [0.25, 0.3) is 0 Å². The Morgan fingerprint density at radius 1 is 0.367 bits per heavy atom. The Hall–Kier alpha value is -5.28. The van der Waals surface area contributed by atoms with Crippen molar-refractivity contribution in [1.29, 1.82) is 0 Å². The largest absolute Gasteiger partial charge is 0.456 e. The normalized spacial score (nSPS) is 38.2. The van der Waals surface area contributed by atoms with Crippen LogP contribution in [0.4, 0.5) is 0 Å². The fourth-order valence-corrected chi connectivity index (χ4v) is 22.1. The lowest BCUT2D eigenvalue weighted by Gasteiger charge is -2.61. The SMILES string of the molecule is C=C(C)C(=O)OCC(=O)OC1(C(C)C)C2CC3CC(C2)CC1C3.C=C(C)C(=O)OCC(=O)OC1(CCC)C2CC3CC(C2)CC1C3.C=CC(=O)OCC(=O)OC1(C(C)C)C2CC3CC(C2)CC1C3.C=CC(=O)OCC(=O)OC1(CCC)C2CC3CC(C2)CC1C3. The van der Waals surface area contributed by atoms with Gasteiger partial charge in [-0.1, -0.05) is 80.7 Å². The number of carbonyl (C=O) groups is 8. The van der Waals surface area contributed by atoms with Crippen molar-refractivity contribution < 1.29 is 76.3 Å². The Morgan fingerprint density at radius 3 is 0.800 bits per heavy atom. The van der Waals surface area contributed by atoms with Crippen LogP contribution in [0.25, 0.3) is 0 Å². The summed E-state index contributed by atoms with van der Waals surface area (Å²) in [5.74, 6) is 7.25. The van der Waals surface area contributed by atoms with Crippen LogP contribution in [0.3, 0.4) is 0 Å². The molecule has 0 aromatic carbocycles. The Morgan fingerprint density at radius 2 is 0.589 bits per heavy atom. The van der Waals surface area contributed by atoms with Crippen LogP contribution in [0, 0.1) is 107 Å². The van der Waals surface area contributed by atoms with E-state index >= 15 is 0 Å². The van der Waals surface area contributed by atoms with Crippen LogP contribution in [-0.4, -0.2) is 96.6 Å². The van der Waals surface area contributed by atoms with Crippen molar-refractivity contribution in [3.63, 3.8) is 0 Å². The summed E-state index contributed by atoms with van der Waals surface area (Å²) in [6, 6.07) is 0. The van der Waals surface area contributed by atoms with Crippen molar-refractivity contribution in [2.24, 2.45) is 107 Å². The van der Waals surface area contributed by atoms with E-state index < -0.39 is 47.8 Å². The summed E-state index contributed by atoms with van der Waals surface area (Å²) in [6.45, 7) is 28.6. The van der Waals surface area contributed by atoms with E-state index in [-0.39, 0.29) is 48.8 Å². The molecule has 0 aliphatic heterocycles. The molecule has 16 heteroatoms. The minimum atomic E-state index is -0.583. The molecule has 0 atom stereocenters. The first-order valence-electron chi connectivity index (χ1n) is 34.9. The van der Waals surface area contributed by atoms with Gasteiger partial charge in [-0.2, -0.15) is 0 Å². The van der Waals surface area contributed by atoms with Crippen LogP contribution < -0.4 is 0 Å². The van der Waals surface area contributed by atoms with Crippen LogP contribution in [0.15, 0.2) is 49.6 Å². The number of esters is 8. The van der Waals surface area contributed by atoms with Gasteiger partial charge in [0.15, 0.2) is 26.4 Å². The average molecular weight is 1250 g/mol. The zero-order valence-electron chi connectivity index (χ0n) is 55.7. The van der Waals surface area contributed by atoms with Gasteiger partial charge in [0.2, 0.25) is 0 Å². The molecule has 16 nitrogen and oxygen atoms in total. The van der Waals surface area contributed by atoms with Gasteiger partial charge in [0.1, 0.15) is 22.4 Å². The van der Waals surface area contributed by atoms with Gasteiger partial charge >= 0.3 is 47.8 Å². The van der Waals surface area contributed by atoms with Gasteiger partial charge in [0.05, 0.1) is 0 Å². The highest BCUT2D eigenvalue weighted by atomic mass is 16.6. The topological polar surface area (TPSA) is 210 Å². The van der Waals surface area contributed by atoms with Crippen molar-refractivity contribution in [1.82, 2.24) is 0 Å². The lowest BCUT2D eigenvalue weighted by molar-refractivity contribution is -0.227. The fourth-order valence-electron chi connectivity index (χ4n) is 22.1. The molecule has 0 N–H and O–H groups in total. The number of hydrogen-bond donors (Lipinski definition) is 0. The Balaban J connectivity index is 0.000000142. The maximum absolute atomic E-state index is 12.3. The monoisotopic (exact) mass is 1250 g/mol. The molecule has 0 radical (unpaired) electrons. The number of hydrogen-bond acceptors (Lipinski definition) is 16. The zero-order chi connectivity index (χ0) is 65.0. The maximum atomic E-state index is 12.3. The van der Waals surface area contributed by atoms with Crippen LogP contribution >= 0.6 is 0 Å². The van der Waals surface area contributed by atoms with Crippen LogP contribution in [0.5, 0.6) is 0 Å². The predicted molar refractivity (Wildman–Crippen MR) is 337 cm³/mol. The van der Waals surface area contributed by atoms with E-state index in [9.17, 15) is 38.4 Å². The van der Waals surface area contributed by atoms with Crippen LogP contribution in [-0.2, 0) is 76.3 Å². The van der Waals surface area contributed by atoms with E-state index in [0.29, 0.717) is 70.3 Å². The molecule has 16 rings (SSSR count). The molecular formula is C74H108O16. The summed E-state index contributed by atoms with van der Waals surface area (Å²) < 4.78 is 43.7. The third kappa shape index (κ3) is 14.6. The smallest absolute Gasteiger partial charge is 0.344 e. The molecule has 0 aromatic heterocycles. The first-order chi connectivity index (χ1) is 42.8. The molecular weight excluding hydrogens is 1140 g/mol. The molecule has 16 saturated carbocycles. The highest BCUT2D eigenvalue weighted by Crippen LogP contribution is 2.65. The Bertz CT molecular complexity index is 2580. The van der Waals surface area contributed by atoms with Gasteiger partial charge in [-0.05, 0) is 262 Å². The van der Waals surface area contributed by atoms with Gasteiger partial charge in [-0.3, -0.25) is 0 Å². The van der Waals surface area contributed by atoms with Crippen molar-refractivity contribution >= 4 is 47.8 Å². The summed E-state index contributed by atoms with van der Waals surface area (Å²) in [4.78, 5) is 94.2. The third-order valence-electron chi connectivity index (χ3n) is 24.5. The molecule has 16 aliphatic carbocycles. The van der Waals surface area contributed by atoms with E-state index in [1.54, 1.807) is 13.8 Å². The van der Waals surface area contributed by atoms with Crippen LogP contribution in [0.1, 0.15) is 209 Å². The third-order valence-corrected chi connectivity index (χ3v) is 24.5. The summed E-state index contributed by atoms with van der Waals surface area (Å²) in [5, 5.41) is 0. The second kappa shape index (κ2) is 28.9. The van der Waals surface area contributed by atoms with Gasteiger partial charge < -0.3 is 37.9 Å². The second-order valence-electron chi connectivity index (χ2n) is 30.9. The molecule has 16 fully saturated rings. The van der Waals surface area contributed by atoms with Crippen molar-refractivity contribution in [2.75, 3.05) is 26.4 Å². The van der Waals surface area contributed by atoms with Crippen LogP contribution in [0.2, 0.25) is 0 Å². The molecule has 500 valence electrons. The molecule has 0 amide bonds. The molecule has 16 bridgehead atoms. The average Bonchev–Trinajstić information content (AvgIpc) is 0.755. The zero-order valence-corrected chi connectivity index (χ0v) is 55.7. The Kier molecular flexibility index (Phi) is 22.2.